The van der Waals surface area contributed by atoms with Crippen molar-refractivity contribution in [2.75, 3.05) is 12.8 Å². The van der Waals surface area contributed by atoms with Gasteiger partial charge in [-0.3, -0.25) is 4.79 Å². The van der Waals surface area contributed by atoms with E-state index < -0.39 is 5.54 Å². The van der Waals surface area contributed by atoms with Gasteiger partial charge in [0.15, 0.2) is 0 Å². The zero-order valence-corrected chi connectivity index (χ0v) is 11.6. The van der Waals surface area contributed by atoms with Gasteiger partial charge in [-0.25, -0.2) is 0 Å². The van der Waals surface area contributed by atoms with E-state index in [2.05, 4.69) is 11.6 Å². The van der Waals surface area contributed by atoms with Crippen LogP contribution < -0.4 is 11.1 Å². The van der Waals surface area contributed by atoms with Gasteiger partial charge in [0.25, 0.3) is 0 Å². The lowest BCUT2D eigenvalue weighted by Gasteiger charge is -2.30. The second-order valence-corrected chi connectivity index (χ2v) is 6.91. The Morgan fingerprint density at radius 1 is 1.18 bits per heavy atom. The number of carbonyl (C=O) groups is 1. The average Bonchev–Trinajstić information content (AvgIpc) is 2.96. The minimum Gasteiger partial charge on any atom is -0.353 e. The Bertz CT molecular complexity index is 281. The lowest BCUT2D eigenvalue weighted by atomic mass is 9.97. The second-order valence-electron chi connectivity index (χ2n) is 5.64. The Balaban J connectivity index is 1.87. The van der Waals surface area contributed by atoms with Gasteiger partial charge >= 0.3 is 0 Å². The minimum absolute atomic E-state index is 0.0790. The van der Waals surface area contributed by atoms with Crippen LogP contribution in [0.1, 0.15) is 51.4 Å². The quantitative estimate of drug-likeness (QED) is 0.809. The van der Waals surface area contributed by atoms with E-state index in [1.54, 1.807) is 0 Å². The Hall–Kier alpha value is -0.220. The molecule has 2 fully saturated rings. The second kappa shape index (κ2) is 5.19. The smallest absolute Gasteiger partial charge is 0.240 e. The predicted octanol–water partition coefficient (Wildman–Crippen LogP) is 2.05. The molecule has 1 amide bonds. The van der Waals surface area contributed by atoms with Crippen LogP contribution in [0.5, 0.6) is 0 Å². The fraction of sp³-hybridized carbons (Fsp3) is 0.923. The largest absolute Gasteiger partial charge is 0.353 e. The molecule has 0 spiro atoms. The third kappa shape index (κ3) is 2.79. The van der Waals surface area contributed by atoms with Gasteiger partial charge in [-0.1, -0.05) is 25.7 Å². The first-order valence-corrected chi connectivity index (χ1v) is 7.95. The summed E-state index contributed by atoms with van der Waals surface area (Å²) in [7, 11) is 0. The molecule has 0 saturated heterocycles. The van der Waals surface area contributed by atoms with E-state index in [1.165, 1.54) is 25.7 Å². The van der Waals surface area contributed by atoms with E-state index in [0.29, 0.717) is 0 Å². The summed E-state index contributed by atoms with van der Waals surface area (Å²) in [5.74, 6) is 0.0790. The van der Waals surface area contributed by atoms with E-state index in [-0.39, 0.29) is 10.7 Å². The zero-order chi connectivity index (χ0) is 12.4. The molecule has 4 heteroatoms. The van der Waals surface area contributed by atoms with Crippen molar-refractivity contribution < 1.29 is 4.79 Å². The Morgan fingerprint density at radius 3 is 2.24 bits per heavy atom. The highest BCUT2D eigenvalue weighted by Crippen LogP contribution is 2.39. The van der Waals surface area contributed by atoms with E-state index in [0.717, 1.165) is 32.2 Å². The number of thioether (sulfide) groups is 1. The first kappa shape index (κ1) is 13.2. The fourth-order valence-electron chi connectivity index (χ4n) is 3.12. The standard InChI is InChI=1S/C13H24N2OS/c1-17-12(6-2-3-7-12)10-15-11(16)13(14)8-4-5-9-13/h2-10,14H2,1H3,(H,15,16). The van der Waals surface area contributed by atoms with Gasteiger partial charge in [-0.05, 0) is 31.9 Å². The maximum absolute atomic E-state index is 12.1. The van der Waals surface area contributed by atoms with Crippen LogP contribution in [0.4, 0.5) is 0 Å². The molecule has 2 aliphatic rings. The van der Waals surface area contributed by atoms with E-state index in [9.17, 15) is 4.79 Å². The molecule has 0 aromatic heterocycles. The van der Waals surface area contributed by atoms with Crippen molar-refractivity contribution in [3.05, 3.63) is 0 Å². The summed E-state index contributed by atoms with van der Waals surface area (Å²) < 4.78 is 0.282. The number of nitrogens with one attached hydrogen (secondary N) is 1. The molecule has 98 valence electrons. The maximum atomic E-state index is 12.1. The Labute approximate surface area is 108 Å². The molecule has 0 bridgehead atoms. The van der Waals surface area contributed by atoms with Gasteiger partial charge in [-0.2, -0.15) is 11.8 Å². The number of hydrogen-bond acceptors (Lipinski definition) is 3. The van der Waals surface area contributed by atoms with E-state index in [1.807, 2.05) is 11.8 Å². The van der Waals surface area contributed by atoms with Crippen LogP contribution in [-0.4, -0.2) is 29.0 Å². The first-order valence-electron chi connectivity index (χ1n) is 6.73. The van der Waals surface area contributed by atoms with Gasteiger partial charge in [0.1, 0.15) is 0 Å². The molecule has 0 aromatic carbocycles. The molecule has 17 heavy (non-hydrogen) atoms. The SMILES string of the molecule is CSC1(CNC(=O)C2(N)CCCC2)CCCC1. The van der Waals surface area contributed by atoms with Crippen molar-refractivity contribution in [1.29, 1.82) is 0 Å². The molecule has 0 aliphatic heterocycles. The van der Waals surface area contributed by atoms with Gasteiger partial charge in [0.05, 0.1) is 5.54 Å². The van der Waals surface area contributed by atoms with Crippen molar-refractivity contribution >= 4 is 17.7 Å². The highest BCUT2D eigenvalue weighted by molar-refractivity contribution is 8.00. The Kier molecular flexibility index (Phi) is 4.03. The number of amides is 1. The van der Waals surface area contributed by atoms with Crippen LogP contribution in [0.15, 0.2) is 0 Å². The number of rotatable bonds is 4. The third-order valence-electron chi connectivity index (χ3n) is 4.47. The number of hydrogen-bond donors (Lipinski definition) is 2. The summed E-state index contributed by atoms with van der Waals surface area (Å²) in [6, 6.07) is 0. The lowest BCUT2D eigenvalue weighted by Crippen LogP contribution is -2.54. The average molecular weight is 256 g/mol. The lowest BCUT2D eigenvalue weighted by molar-refractivity contribution is -0.126. The number of carbonyl (C=O) groups excluding carboxylic acids is 1. The maximum Gasteiger partial charge on any atom is 0.240 e. The van der Waals surface area contributed by atoms with Crippen LogP contribution in [0.2, 0.25) is 0 Å². The molecule has 0 radical (unpaired) electrons. The summed E-state index contributed by atoms with van der Waals surface area (Å²) in [6.07, 6.45) is 11.1. The molecule has 0 aromatic rings. The van der Waals surface area contributed by atoms with Crippen molar-refractivity contribution in [3.8, 4) is 0 Å². The molecule has 0 atom stereocenters. The molecular weight excluding hydrogens is 232 g/mol. The molecule has 2 rings (SSSR count). The van der Waals surface area contributed by atoms with Crippen molar-refractivity contribution in [1.82, 2.24) is 5.32 Å². The van der Waals surface area contributed by atoms with Crippen LogP contribution in [0, 0.1) is 0 Å². The highest BCUT2D eigenvalue weighted by Gasteiger charge is 2.39. The molecule has 2 aliphatic carbocycles. The molecule has 2 saturated carbocycles. The van der Waals surface area contributed by atoms with Gasteiger partial charge < -0.3 is 11.1 Å². The zero-order valence-electron chi connectivity index (χ0n) is 10.8. The molecule has 3 nitrogen and oxygen atoms in total. The first-order chi connectivity index (χ1) is 8.10. The third-order valence-corrected chi connectivity index (χ3v) is 5.89. The molecule has 0 heterocycles. The van der Waals surface area contributed by atoms with Crippen molar-refractivity contribution in [3.63, 3.8) is 0 Å². The van der Waals surface area contributed by atoms with Crippen molar-refractivity contribution in [2.45, 2.75) is 61.7 Å². The predicted molar refractivity (Wildman–Crippen MR) is 73.1 cm³/mol. The summed E-state index contributed by atoms with van der Waals surface area (Å²) in [5, 5.41) is 3.11. The minimum atomic E-state index is -0.571. The molecular formula is C13H24N2OS. The highest BCUT2D eigenvalue weighted by atomic mass is 32.2. The normalized spacial score (nSPS) is 26.0. The van der Waals surface area contributed by atoms with Gasteiger partial charge in [-0.15, -0.1) is 0 Å². The monoisotopic (exact) mass is 256 g/mol. The van der Waals surface area contributed by atoms with Crippen LogP contribution in [-0.2, 0) is 4.79 Å². The van der Waals surface area contributed by atoms with E-state index >= 15 is 0 Å². The Morgan fingerprint density at radius 2 is 1.71 bits per heavy atom. The van der Waals surface area contributed by atoms with Gasteiger partial charge in [0.2, 0.25) is 5.91 Å². The molecule has 3 N–H and O–H groups in total. The summed E-state index contributed by atoms with van der Waals surface area (Å²) in [6.45, 7) is 0.798. The summed E-state index contributed by atoms with van der Waals surface area (Å²) in [5.41, 5.74) is 5.58. The van der Waals surface area contributed by atoms with Crippen LogP contribution >= 0.6 is 11.8 Å². The fourth-order valence-corrected chi connectivity index (χ4v) is 4.04. The van der Waals surface area contributed by atoms with Crippen LogP contribution in [0.25, 0.3) is 0 Å². The molecule has 0 unspecified atom stereocenters. The van der Waals surface area contributed by atoms with Crippen molar-refractivity contribution in [2.24, 2.45) is 5.73 Å². The van der Waals surface area contributed by atoms with Gasteiger partial charge in [0, 0.05) is 11.3 Å². The number of nitrogens with two attached hydrogens (primary N) is 1. The summed E-state index contributed by atoms with van der Waals surface area (Å²) in [4.78, 5) is 12.1. The topological polar surface area (TPSA) is 55.1 Å². The van der Waals surface area contributed by atoms with Crippen LogP contribution in [0.3, 0.4) is 0 Å². The summed E-state index contributed by atoms with van der Waals surface area (Å²) >= 11 is 1.91. The van der Waals surface area contributed by atoms with E-state index in [4.69, 9.17) is 5.73 Å².